The van der Waals surface area contributed by atoms with Crippen molar-refractivity contribution in [3.63, 3.8) is 0 Å². The Bertz CT molecular complexity index is 1390. The fourth-order valence-electron chi connectivity index (χ4n) is 3.75. The van der Waals surface area contributed by atoms with Crippen LogP contribution in [-0.4, -0.2) is 38.8 Å². The second-order valence-electron chi connectivity index (χ2n) is 8.61. The lowest BCUT2D eigenvalue weighted by molar-refractivity contribution is 0.0945. The van der Waals surface area contributed by atoms with Crippen molar-refractivity contribution in [1.82, 2.24) is 31.1 Å². The molecule has 2 atom stereocenters. The summed E-state index contributed by atoms with van der Waals surface area (Å²) in [5.74, 6) is 6.65. The number of nitrogens with one attached hydrogen (secondary N) is 3. The van der Waals surface area contributed by atoms with Gasteiger partial charge in [-0.25, -0.2) is 19.6 Å². The number of nitrogens with zero attached hydrogens (tertiary/aromatic N) is 3. The summed E-state index contributed by atoms with van der Waals surface area (Å²) in [5, 5.41) is 2.74. The Morgan fingerprint density at radius 3 is 2.46 bits per heavy atom. The number of halogens is 2. The largest absolute Gasteiger partial charge is 0.494 e. The molecule has 0 aromatic carbocycles. The second kappa shape index (κ2) is 15.4. The maximum Gasteiger partial charge on any atom is 0.280 e. The number of hydrazine groups is 1. The number of amides is 1. The van der Waals surface area contributed by atoms with Crippen LogP contribution in [0.1, 0.15) is 68.7 Å². The second-order valence-corrected chi connectivity index (χ2v) is 9.83. The van der Waals surface area contributed by atoms with Gasteiger partial charge in [0.05, 0.1) is 30.3 Å². The zero-order chi connectivity index (χ0) is 29.9. The third-order valence-corrected chi connectivity index (χ3v) is 6.81. The molecule has 0 radical (unpaired) electrons. The number of rotatable bonds is 6. The zero-order valence-corrected chi connectivity index (χ0v) is 24.9. The van der Waals surface area contributed by atoms with Gasteiger partial charge >= 0.3 is 0 Å². The van der Waals surface area contributed by atoms with Crippen LogP contribution < -0.4 is 20.9 Å². The molecule has 3 N–H and O–H groups in total. The van der Waals surface area contributed by atoms with E-state index < -0.39 is 23.5 Å². The van der Waals surface area contributed by atoms with Crippen molar-refractivity contribution in [3.05, 3.63) is 59.7 Å². The molecule has 4 heterocycles. The van der Waals surface area contributed by atoms with Gasteiger partial charge in [-0.05, 0) is 44.0 Å². The van der Waals surface area contributed by atoms with E-state index in [1.165, 1.54) is 37.3 Å². The van der Waals surface area contributed by atoms with Crippen LogP contribution >= 0.6 is 11.8 Å². The maximum absolute atomic E-state index is 13.5. The molecular formula is C30H36F2N6O2S. The molecule has 218 valence electrons. The summed E-state index contributed by atoms with van der Waals surface area (Å²) in [6.45, 7) is 9.86. The Balaban J connectivity index is 0.00000111. The van der Waals surface area contributed by atoms with E-state index in [0.717, 1.165) is 18.5 Å². The van der Waals surface area contributed by atoms with Gasteiger partial charge in [-0.15, -0.1) is 0 Å². The highest BCUT2D eigenvalue weighted by Crippen LogP contribution is 2.36. The molecule has 0 spiro atoms. The van der Waals surface area contributed by atoms with Crippen LogP contribution in [-0.2, 0) is 0 Å². The van der Waals surface area contributed by atoms with Crippen molar-refractivity contribution in [1.29, 1.82) is 0 Å². The lowest BCUT2D eigenvalue weighted by Gasteiger charge is -2.17. The van der Waals surface area contributed by atoms with E-state index in [4.69, 9.17) is 4.74 Å². The summed E-state index contributed by atoms with van der Waals surface area (Å²) in [7, 11) is 1.42. The summed E-state index contributed by atoms with van der Waals surface area (Å²) >= 11 is 1.43. The van der Waals surface area contributed by atoms with Crippen LogP contribution in [0.25, 0.3) is 22.5 Å². The molecule has 2 fully saturated rings. The molecule has 1 aliphatic carbocycles. The molecule has 1 amide bonds. The van der Waals surface area contributed by atoms with Crippen molar-refractivity contribution in [2.24, 2.45) is 5.92 Å². The molecule has 11 heteroatoms. The molecule has 41 heavy (non-hydrogen) atoms. The quantitative estimate of drug-likeness (QED) is 0.300. The number of aromatic nitrogens is 3. The Hall–Kier alpha value is -3.59. The minimum Gasteiger partial charge on any atom is -0.494 e. The number of aryl methyl sites for hydroxylation is 1. The first-order valence-electron chi connectivity index (χ1n) is 13.7. The first-order valence-corrected chi connectivity index (χ1v) is 14.6. The lowest BCUT2D eigenvalue weighted by atomic mass is 9.98. The summed E-state index contributed by atoms with van der Waals surface area (Å²) in [5.41, 5.74) is 7.91. The maximum atomic E-state index is 13.5. The zero-order valence-electron chi connectivity index (χ0n) is 24.1. The highest BCUT2D eigenvalue weighted by atomic mass is 32.2. The van der Waals surface area contributed by atoms with Crippen LogP contribution in [0.2, 0.25) is 0 Å². The highest BCUT2D eigenvalue weighted by molar-refractivity contribution is 8.00. The van der Waals surface area contributed by atoms with Gasteiger partial charge in [-0.2, -0.15) is 0 Å². The fourth-order valence-corrected chi connectivity index (χ4v) is 4.61. The molecule has 8 nitrogen and oxygen atoms in total. The van der Waals surface area contributed by atoms with E-state index in [2.05, 4.69) is 43.0 Å². The predicted molar refractivity (Wildman–Crippen MR) is 159 cm³/mol. The molecule has 3 aromatic heterocycles. The molecule has 2 unspecified atom stereocenters. The Kier molecular flexibility index (Phi) is 12.0. The van der Waals surface area contributed by atoms with Crippen molar-refractivity contribution in [2.75, 3.05) is 7.11 Å². The van der Waals surface area contributed by atoms with E-state index in [9.17, 15) is 13.6 Å². The number of alkyl halides is 2. The van der Waals surface area contributed by atoms with E-state index in [0.29, 0.717) is 28.4 Å². The smallest absolute Gasteiger partial charge is 0.280 e. The summed E-state index contributed by atoms with van der Waals surface area (Å²) in [6, 6.07) is 8.38. The van der Waals surface area contributed by atoms with Crippen LogP contribution in [0, 0.1) is 24.7 Å². The van der Waals surface area contributed by atoms with Gasteiger partial charge in [0.15, 0.2) is 0 Å². The Labute approximate surface area is 244 Å². The number of carbonyl (C=O) groups excluding carboxylic acids is 1. The number of carbonyl (C=O) groups is 1. The Morgan fingerprint density at radius 2 is 1.80 bits per heavy atom. The SMILES string of the molecule is CC.CC.COc1cnc(C(F)F)cc1-c1cc(-c2cccc(C)n2)ncc1C(=O)NC1NNC(C#CC2CC2)S1. The van der Waals surface area contributed by atoms with Gasteiger partial charge in [0.2, 0.25) is 0 Å². The number of thioether (sulfide) groups is 1. The van der Waals surface area contributed by atoms with Gasteiger partial charge in [-0.1, -0.05) is 57.4 Å². The minimum absolute atomic E-state index is 0.160. The third kappa shape index (κ3) is 8.45. The van der Waals surface area contributed by atoms with Crippen molar-refractivity contribution in [2.45, 2.75) is 64.8 Å². The first kappa shape index (κ1) is 31.9. The minimum atomic E-state index is -2.79. The van der Waals surface area contributed by atoms with Crippen LogP contribution in [0.15, 0.2) is 42.7 Å². The lowest BCUT2D eigenvalue weighted by Crippen LogP contribution is -2.43. The highest BCUT2D eigenvalue weighted by Gasteiger charge is 2.28. The Morgan fingerprint density at radius 1 is 1.05 bits per heavy atom. The molecule has 1 aliphatic heterocycles. The summed E-state index contributed by atoms with van der Waals surface area (Å²) < 4.78 is 32.5. The molecule has 1 saturated heterocycles. The molecule has 3 aromatic rings. The summed E-state index contributed by atoms with van der Waals surface area (Å²) in [4.78, 5) is 26.2. The number of hydrogen-bond donors (Lipinski definition) is 3. The van der Waals surface area contributed by atoms with E-state index in [1.807, 2.05) is 46.8 Å². The summed E-state index contributed by atoms with van der Waals surface area (Å²) in [6.07, 6.45) is 2.12. The van der Waals surface area contributed by atoms with Crippen LogP contribution in [0.5, 0.6) is 5.75 Å². The third-order valence-electron chi connectivity index (χ3n) is 5.80. The standard InChI is InChI=1S/C26H24F2N6O2S.2C2H6/c1-14-4-3-5-19(31-14)20-10-16(17-11-21(24(27)28)30-13-22(17)36-2)18(12-29-20)25(35)32-26-34-33-23(37-26)9-8-15-6-7-15;2*1-2/h3-5,10-13,15,23-24,26,33-34H,6-7H2,1-2H3,(H,32,35);2*1-2H3. The topological polar surface area (TPSA) is 101 Å². The average molecular weight is 583 g/mol. The number of hydrogen-bond acceptors (Lipinski definition) is 8. The van der Waals surface area contributed by atoms with Gasteiger partial charge in [-0.3, -0.25) is 19.7 Å². The first-order chi connectivity index (χ1) is 19.9. The van der Waals surface area contributed by atoms with Gasteiger partial charge < -0.3 is 10.1 Å². The molecular weight excluding hydrogens is 546 g/mol. The average Bonchev–Trinajstić information content (AvgIpc) is 3.74. The molecule has 5 rings (SSSR count). The van der Waals surface area contributed by atoms with Gasteiger partial charge in [0.1, 0.15) is 22.3 Å². The predicted octanol–water partition coefficient (Wildman–Crippen LogP) is 6.11. The van der Waals surface area contributed by atoms with Crippen molar-refractivity contribution in [3.8, 4) is 40.1 Å². The molecule has 0 bridgehead atoms. The molecule has 2 aliphatic rings. The van der Waals surface area contributed by atoms with E-state index >= 15 is 0 Å². The molecule has 1 saturated carbocycles. The van der Waals surface area contributed by atoms with E-state index in [-0.39, 0.29) is 16.7 Å². The van der Waals surface area contributed by atoms with Crippen molar-refractivity contribution >= 4 is 17.7 Å². The normalized spacial score (nSPS) is 17.3. The fraction of sp³-hybridized carbons (Fsp3) is 0.400. The van der Waals surface area contributed by atoms with Gasteiger partial charge in [0.25, 0.3) is 12.3 Å². The van der Waals surface area contributed by atoms with Crippen LogP contribution in [0.3, 0.4) is 0 Å². The van der Waals surface area contributed by atoms with Gasteiger partial charge in [0, 0.05) is 28.9 Å². The van der Waals surface area contributed by atoms with E-state index in [1.54, 1.807) is 12.1 Å². The van der Waals surface area contributed by atoms with Crippen molar-refractivity contribution < 1.29 is 18.3 Å². The van der Waals surface area contributed by atoms with Crippen LogP contribution in [0.4, 0.5) is 8.78 Å². The number of methoxy groups -OCH3 is 1. The monoisotopic (exact) mass is 582 g/mol. The number of ether oxygens (including phenoxy) is 1. The number of pyridine rings is 3.